The fraction of sp³-hybridized carbons (Fsp3) is 0.471. The fourth-order valence-corrected chi connectivity index (χ4v) is 1.37. The van der Waals surface area contributed by atoms with Gasteiger partial charge in [0.15, 0.2) is 0 Å². The van der Waals surface area contributed by atoms with Gasteiger partial charge in [-0.2, -0.15) is 0 Å². The highest BCUT2D eigenvalue weighted by Gasteiger charge is 1.98. The second-order valence-corrected chi connectivity index (χ2v) is 3.98. The highest BCUT2D eigenvalue weighted by Crippen LogP contribution is 2.04. The Morgan fingerprint density at radius 1 is 1.06 bits per heavy atom. The third-order valence-electron chi connectivity index (χ3n) is 2.26. The van der Waals surface area contributed by atoms with Crippen LogP contribution in [-0.4, -0.2) is 5.78 Å². The average molecular weight is 242 g/mol. The summed E-state index contributed by atoms with van der Waals surface area (Å²) < 4.78 is 0. The van der Waals surface area contributed by atoms with E-state index in [1.165, 1.54) is 0 Å². The van der Waals surface area contributed by atoms with Crippen molar-refractivity contribution in [1.29, 1.82) is 0 Å². The first-order valence-electron chi connectivity index (χ1n) is 6.60. The lowest BCUT2D eigenvalue weighted by molar-refractivity contribution is -0.119. The monoisotopic (exact) mass is 242 g/mol. The Labute approximate surface area is 111 Å². The summed E-state index contributed by atoms with van der Waals surface area (Å²) >= 11 is 0. The molecule has 1 nitrogen and oxygen atoms in total. The van der Waals surface area contributed by atoms with E-state index >= 15 is 0 Å². The summed E-state index contributed by atoms with van der Waals surface area (Å²) in [6.07, 6.45) is 13.0. The Kier molecular flexibility index (Phi) is 12.1. The summed E-state index contributed by atoms with van der Waals surface area (Å²) in [7, 11) is 0. The molecule has 1 heteroatoms. The van der Waals surface area contributed by atoms with Gasteiger partial charge in [-0.1, -0.05) is 30.9 Å². The average Bonchev–Trinajstić information content (AvgIpc) is 2.36. The molecular formula is C17H22O. The molecule has 0 spiro atoms. The molecule has 0 saturated heterocycles. The van der Waals surface area contributed by atoms with Crippen LogP contribution in [0.4, 0.5) is 0 Å². The van der Waals surface area contributed by atoms with Crippen molar-refractivity contribution in [2.45, 2.75) is 52.4 Å². The smallest absolute Gasteiger partial charge is 0.132 e. The normalized spacial score (nSPS) is 9.89. The van der Waals surface area contributed by atoms with Crippen molar-refractivity contribution in [2.24, 2.45) is 0 Å². The van der Waals surface area contributed by atoms with Gasteiger partial charge in [-0.05, 0) is 56.6 Å². The summed E-state index contributed by atoms with van der Waals surface area (Å²) in [5, 5.41) is 0. The van der Waals surface area contributed by atoms with Crippen molar-refractivity contribution in [3.8, 4) is 23.7 Å². The van der Waals surface area contributed by atoms with E-state index < -0.39 is 0 Å². The van der Waals surface area contributed by atoms with Crippen LogP contribution in [0.15, 0.2) is 24.3 Å². The fourth-order valence-electron chi connectivity index (χ4n) is 1.37. The molecule has 0 aromatic heterocycles. The number of carbonyl (C=O) groups excluding carboxylic acids is 1. The zero-order valence-electron chi connectivity index (χ0n) is 11.5. The van der Waals surface area contributed by atoms with E-state index in [-0.39, 0.29) is 0 Å². The van der Waals surface area contributed by atoms with Gasteiger partial charge in [0.1, 0.15) is 5.78 Å². The lowest BCUT2D eigenvalue weighted by Crippen LogP contribution is -1.95. The predicted octanol–water partition coefficient (Wildman–Crippen LogP) is 4.06. The largest absolute Gasteiger partial charge is 0.300 e. The molecule has 0 aromatic carbocycles. The third-order valence-corrected chi connectivity index (χ3v) is 2.26. The van der Waals surface area contributed by atoms with Gasteiger partial charge in [-0.15, -0.1) is 0 Å². The first-order valence-corrected chi connectivity index (χ1v) is 6.60. The number of ketones is 1. The molecule has 0 aliphatic heterocycles. The molecule has 96 valence electrons. The molecule has 0 radical (unpaired) electrons. The Morgan fingerprint density at radius 2 is 1.78 bits per heavy atom. The van der Waals surface area contributed by atoms with Crippen molar-refractivity contribution in [2.75, 3.05) is 0 Å². The zero-order valence-corrected chi connectivity index (χ0v) is 11.5. The molecule has 0 atom stereocenters. The minimum atomic E-state index is 0.389. The molecule has 0 saturated carbocycles. The number of unbranched alkanes of at least 4 members (excludes halogenated alkanes) is 2. The van der Waals surface area contributed by atoms with Crippen LogP contribution < -0.4 is 0 Å². The molecule has 0 aromatic rings. The molecule has 0 aliphatic rings. The maximum Gasteiger partial charge on any atom is 0.132 e. The van der Waals surface area contributed by atoms with Crippen molar-refractivity contribution in [3.05, 3.63) is 24.3 Å². The Bertz CT molecular complexity index is 391. The summed E-state index contributed by atoms with van der Waals surface area (Å²) in [6.45, 7) is 3.96. The van der Waals surface area contributed by atoms with E-state index in [4.69, 9.17) is 0 Å². The Morgan fingerprint density at radius 3 is 2.44 bits per heavy atom. The molecule has 0 amide bonds. The summed E-state index contributed by atoms with van der Waals surface area (Å²) in [5.74, 6) is 11.5. The van der Waals surface area contributed by atoms with Crippen molar-refractivity contribution < 1.29 is 4.79 Å². The van der Waals surface area contributed by atoms with Gasteiger partial charge in [0.05, 0.1) is 0 Å². The van der Waals surface area contributed by atoms with Crippen LogP contribution in [0.3, 0.4) is 0 Å². The van der Waals surface area contributed by atoms with Crippen LogP contribution in [0, 0.1) is 23.7 Å². The van der Waals surface area contributed by atoms with Crippen LogP contribution >= 0.6 is 0 Å². The Balaban J connectivity index is 3.55. The minimum Gasteiger partial charge on any atom is -0.300 e. The Hall–Kier alpha value is -1.73. The van der Waals surface area contributed by atoms with E-state index in [1.807, 2.05) is 32.1 Å². The van der Waals surface area contributed by atoms with Gasteiger partial charge >= 0.3 is 0 Å². The number of hydrogen-bond donors (Lipinski definition) is 0. The van der Waals surface area contributed by atoms with E-state index in [0.29, 0.717) is 5.78 Å². The predicted molar refractivity (Wildman–Crippen MR) is 77.9 cm³/mol. The van der Waals surface area contributed by atoms with Gasteiger partial charge in [-0.25, -0.2) is 0 Å². The minimum absolute atomic E-state index is 0.389. The maximum absolute atomic E-state index is 11.2. The molecule has 0 N–H and O–H groups in total. The van der Waals surface area contributed by atoms with Crippen LogP contribution in [-0.2, 0) is 4.79 Å². The first-order chi connectivity index (χ1) is 8.81. The van der Waals surface area contributed by atoms with E-state index in [2.05, 4.69) is 23.7 Å². The summed E-state index contributed by atoms with van der Waals surface area (Å²) in [5.41, 5.74) is 0. The van der Waals surface area contributed by atoms with Crippen LogP contribution in [0.25, 0.3) is 0 Å². The SMILES string of the molecule is CC=CC#CC#CC=CCCCCC(=O)CCC. The molecule has 0 aliphatic carbocycles. The zero-order chi connectivity index (χ0) is 13.5. The molecule has 0 heterocycles. The first kappa shape index (κ1) is 16.3. The third kappa shape index (κ3) is 12.3. The number of allylic oxidation sites excluding steroid dienone is 4. The highest BCUT2D eigenvalue weighted by molar-refractivity contribution is 5.78. The lowest BCUT2D eigenvalue weighted by atomic mass is 10.1. The summed E-state index contributed by atoms with van der Waals surface area (Å²) in [4.78, 5) is 11.2. The molecule has 0 unspecified atom stereocenters. The van der Waals surface area contributed by atoms with Crippen LogP contribution in [0.2, 0.25) is 0 Å². The lowest BCUT2D eigenvalue weighted by Gasteiger charge is -1.96. The molecule has 0 bridgehead atoms. The topological polar surface area (TPSA) is 17.1 Å². The number of hydrogen-bond acceptors (Lipinski definition) is 1. The van der Waals surface area contributed by atoms with Crippen molar-refractivity contribution >= 4 is 5.78 Å². The second-order valence-electron chi connectivity index (χ2n) is 3.98. The molecule has 0 rings (SSSR count). The van der Waals surface area contributed by atoms with Gasteiger partial charge in [0.25, 0.3) is 0 Å². The molecular weight excluding hydrogens is 220 g/mol. The van der Waals surface area contributed by atoms with Gasteiger partial charge < -0.3 is 0 Å². The van der Waals surface area contributed by atoms with E-state index in [1.54, 1.807) is 6.08 Å². The van der Waals surface area contributed by atoms with Crippen molar-refractivity contribution in [3.63, 3.8) is 0 Å². The number of Topliss-reactive ketones (excluding diaryl/α,β-unsaturated/α-hetero) is 1. The van der Waals surface area contributed by atoms with E-state index in [9.17, 15) is 4.79 Å². The molecule has 0 fully saturated rings. The van der Waals surface area contributed by atoms with Gasteiger partial charge in [0, 0.05) is 12.8 Å². The quantitative estimate of drug-likeness (QED) is 0.486. The number of carbonyl (C=O) groups is 1. The van der Waals surface area contributed by atoms with Crippen molar-refractivity contribution in [1.82, 2.24) is 0 Å². The van der Waals surface area contributed by atoms with Crippen LogP contribution in [0.1, 0.15) is 52.4 Å². The highest BCUT2D eigenvalue weighted by atomic mass is 16.1. The van der Waals surface area contributed by atoms with Gasteiger partial charge in [0.2, 0.25) is 0 Å². The summed E-state index contributed by atoms with van der Waals surface area (Å²) in [6, 6.07) is 0. The van der Waals surface area contributed by atoms with E-state index in [0.717, 1.165) is 38.5 Å². The maximum atomic E-state index is 11.2. The number of rotatable bonds is 7. The van der Waals surface area contributed by atoms with Gasteiger partial charge in [-0.3, -0.25) is 4.79 Å². The standard InChI is InChI=1S/C17H22O/c1-3-5-6-7-8-9-10-11-12-13-14-16-17(18)15-4-2/h3,5,10-11H,4,12-16H2,1-2H3. The molecule has 18 heavy (non-hydrogen) atoms. The second kappa shape index (κ2) is 13.3. The van der Waals surface area contributed by atoms with Crippen LogP contribution in [0.5, 0.6) is 0 Å².